The molecule has 0 radical (unpaired) electrons. The molecule has 2 aliphatic rings. The summed E-state index contributed by atoms with van der Waals surface area (Å²) >= 11 is 1.34. The number of nitrogens with one attached hydrogen (secondary N) is 1. The Labute approximate surface area is 195 Å². The van der Waals surface area contributed by atoms with Gasteiger partial charge in [0, 0.05) is 31.1 Å². The minimum absolute atomic E-state index is 0.0425. The zero-order chi connectivity index (χ0) is 23.8. The topological polar surface area (TPSA) is 131 Å². The Morgan fingerprint density at radius 1 is 1.15 bits per heavy atom. The molecule has 1 aromatic heterocycles. The largest absolute Gasteiger partial charge is 0.338 e. The molecule has 0 saturated carbocycles. The smallest absolute Gasteiger partial charge is 0.325 e. The summed E-state index contributed by atoms with van der Waals surface area (Å²) in [5.74, 6) is -0.943. The molecule has 2 fully saturated rings. The van der Waals surface area contributed by atoms with Gasteiger partial charge in [0.1, 0.15) is 12.6 Å². The Morgan fingerprint density at radius 3 is 2.48 bits per heavy atom. The number of piperazine rings is 1. The highest BCUT2D eigenvalue weighted by molar-refractivity contribution is 7.89. The van der Waals surface area contributed by atoms with Crippen molar-refractivity contribution >= 4 is 39.2 Å². The number of carbonyl (C=O) groups is 3. The van der Waals surface area contributed by atoms with Crippen molar-refractivity contribution in [1.82, 2.24) is 19.4 Å². The number of nitriles is 1. The predicted octanol–water partition coefficient (Wildman–Crippen LogP) is 0.920. The lowest BCUT2D eigenvalue weighted by Crippen LogP contribution is -2.53. The van der Waals surface area contributed by atoms with Gasteiger partial charge in [-0.05, 0) is 30.5 Å². The SMILES string of the molecule is CC1(c2cccs2)NC(=O)N(CC(=O)N2CCN(S(=O)(=O)c3ccccc3C#N)CC2)C1=O. The van der Waals surface area contributed by atoms with Crippen LogP contribution in [-0.2, 0) is 25.2 Å². The van der Waals surface area contributed by atoms with Crippen molar-refractivity contribution in [3.63, 3.8) is 0 Å². The van der Waals surface area contributed by atoms with Gasteiger partial charge in [0.2, 0.25) is 15.9 Å². The van der Waals surface area contributed by atoms with E-state index in [-0.39, 0.29) is 36.6 Å². The van der Waals surface area contributed by atoms with E-state index in [0.717, 1.165) is 4.90 Å². The van der Waals surface area contributed by atoms with Gasteiger partial charge in [-0.15, -0.1) is 11.3 Å². The molecule has 33 heavy (non-hydrogen) atoms. The fraction of sp³-hybridized carbons (Fsp3) is 0.333. The summed E-state index contributed by atoms with van der Waals surface area (Å²) in [5.41, 5.74) is -1.16. The maximum absolute atomic E-state index is 13.0. The lowest BCUT2D eigenvalue weighted by Gasteiger charge is -2.34. The van der Waals surface area contributed by atoms with Crippen LogP contribution in [0.2, 0.25) is 0 Å². The van der Waals surface area contributed by atoms with Gasteiger partial charge in [0.25, 0.3) is 5.91 Å². The first-order valence-corrected chi connectivity index (χ1v) is 12.5. The monoisotopic (exact) mass is 487 g/mol. The Balaban J connectivity index is 1.41. The second kappa shape index (κ2) is 8.58. The Kier molecular flexibility index (Phi) is 5.96. The van der Waals surface area contributed by atoms with Gasteiger partial charge in [-0.25, -0.2) is 13.2 Å². The molecule has 1 unspecified atom stereocenters. The average molecular weight is 488 g/mol. The fourth-order valence-electron chi connectivity index (χ4n) is 3.91. The molecule has 3 heterocycles. The summed E-state index contributed by atoms with van der Waals surface area (Å²) in [7, 11) is -3.89. The van der Waals surface area contributed by atoms with Crippen LogP contribution in [0.4, 0.5) is 4.79 Å². The van der Waals surface area contributed by atoms with Gasteiger partial charge in [0.05, 0.1) is 10.5 Å². The molecule has 4 rings (SSSR count). The average Bonchev–Trinajstić information content (AvgIpc) is 3.43. The Morgan fingerprint density at radius 2 is 1.85 bits per heavy atom. The van der Waals surface area contributed by atoms with E-state index in [2.05, 4.69) is 5.32 Å². The van der Waals surface area contributed by atoms with E-state index in [0.29, 0.717) is 4.88 Å². The second-order valence-corrected chi connectivity index (χ2v) is 10.7. The van der Waals surface area contributed by atoms with Crippen LogP contribution in [0.3, 0.4) is 0 Å². The van der Waals surface area contributed by atoms with Crippen LogP contribution in [0.25, 0.3) is 0 Å². The standard InChI is InChI=1S/C21H21N5O5S2/c1-21(17-7-4-12-32-17)19(28)26(20(29)23-21)14-18(27)24-8-10-25(11-9-24)33(30,31)16-6-3-2-5-15(16)13-22/h2-7,12H,8-11,14H2,1H3,(H,23,29). The summed E-state index contributed by atoms with van der Waals surface area (Å²) in [4.78, 5) is 41.1. The molecule has 10 nitrogen and oxygen atoms in total. The molecular weight excluding hydrogens is 466 g/mol. The van der Waals surface area contributed by atoms with Crippen LogP contribution in [0.5, 0.6) is 0 Å². The predicted molar refractivity (Wildman–Crippen MR) is 118 cm³/mol. The highest BCUT2D eigenvalue weighted by Gasteiger charge is 2.50. The first-order chi connectivity index (χ1) is 15.7. The number of carbonyl (C=O) groups excluding carboxylic acids is 3. The summed E-state index contributed by atoms with van der Waals surface area (Å²) in [6.07, 6.45) is 0. The number of amides is 4. The number of sulfonamides is 1. The normalized spacial score (nSPS) is 21.7. The van der Waals surface area contributed by atoms with Gasteiger partial charge in [-0.2, -0.15) is 9.57 Å². The van der Waals surface area contributed by atoms with Crippen molar-refractivity contribution in [2.75, 3.05) is 32.7 Å². The van der Waals surface area contributed by atoms with E-state index < -0.39 is 40.0 Å². The van der Waals surface area contributed by atoms with Gasteiger partial charge in [-0.1, -0.05) is 18.2 Å². The van der Waals surface area contributed by atoms with E-state index >= 15 is 0 Å². The third-order valence-electron chi connectivity index (χ3n) is 5.80. The molecule has 1 atom stereocenters. The number of hydrogen-bond donors (Lipinski definition) is 1. The molecule has 0 aliphatic carbocycles. The van der Waals surface area contributed by atoms with E-state index in [9.17, 15) is 28.1 Å². The van der Waals surface area contributed by atoms with Gasteiger partial charge >= 0.3 is 6.03 Å². The minimum atomic E-state index is -3.89. The number of rotatable bonds is 5. The molecular formula is C21H21N5O5S2. The Bertz CT molecular complexity index is 1250. The maximum atomic E-state index is 13.0. The molecule has 4 amide bonds. The molecule has 172 valence electrons. The molecule has 2 saturated heterocycles. The first-order valence-electron chi connectivity index (χ1n) is 10.1. The minimum Gasteiger partial charge on any atom is -0.338 e. The third kappa shape index (κ3) is 3.99. The van der Waals surface area contributed by atoms with Crippen molar-refractivity contribution in [2.24, 2.45) is 0 Å². The number of urea groups is 1. The fourth-order valence-corrected chi connectivity index (χ4v) is 6.31. The molecule has 2 aliphatic heterocycles. The number of benzene rings is 1. The van der Waals surface area contributed by atoms with Crippen molar-refractivity contribution in [3.05, 3.63) is 52.2 Å². The van der Waals surface area contributed by atoms with Crippen LogP contribution in [0, 0.1) is 11.3 Å². The van der Waals surface area contributed by atoms with Gasteiger partial charge in [-0.3, -0.25) is 14.5 Å². The molecule has 1 N–H and O–H groups in total. The number of hydrogen-bond acceptors (Lipinski definition) is 7. The van der Waals surface area contributed by atoms with Crippen molar-refractivity contribution in [3.8, 4) is 6.07 Å². The number of imide groups is 1. The zero-order valence-corrected chi connectivity index (χ0v) is 19.4. The Hall–Kier alpha value is -3.27. The second-order valence-electron chi connectivity index (χ2n) is 7.82. The highest BCUT2D eigenvalue weighted by Crippen LogP contribution is 2.32. The van der Waals surface area contributed by atoms with Gasteiger partial charge in [0.15, 0.2) is 5.54 Å². The van der Waals surface area contributed by atoms with E-state index in [4.69, 9.17) is 0 Å². The van der Waals surface area contributed by atoms with E-state index in [1.54, 1.807) is 36.6 Å². The summed E-state index contributed by atoms with van der Waals surface area (Å²) in [6.45, 7) is 1.49. The van der Waals surface area contributed by atoms with Crippen LogP contribution in [0.15, 0.2) is 46.7 Å². The van der Waals surface area contributed by atoms with Crippen LogP contribution >= 0.6 is 11.3 Å². The zero-order valence-electron chi connectivity index (χ0n) is 17.7. The molecule has 1 aromatic carbocycles. The third-order valence-corrected chi connectivity index (χ3v) is 8.85. The van der Waals surface area contributed by atoms with E-state index in [1.807, 2.05) is 6.07 Å². The van der Waals surface area contributed by atoms with Crippen LogP contribution in [-0.4, -0.2) is 73.1 Å². The summed E-state index contributed by atoms with van der Waals surface area (Å²) < 4.78 is 27.1. The molecule has 2 aromatic rings. The molecule has 12 heteroatoms. The van der Waals surface area contributed by atoms with Crippen molar-refractivity contribution in [2.45, 2.75) is 17.4 Å². The summed E-state index contributed by atoms with van der Waals surface area (Å²) in [5, 5.41) is 13.7. The van der Waals surface area contributed by atoms with Crippen molar-refractivity contribution in [1.29, 1.82) is 5.26 Å². The van der Waals surface area contributed by atoms with Crippen molar-refractivity contribution < 1.29 is 22.8 Å². The maximum Gasteiger partial charge on any atom is 0.325 e. The molecule has 0 bridgehead atoms. The lowest BCUT2D eigenvalue weighted by atomic mass is 10.0. The quantitative estimate of drug-likeness (QED) is 0.624. The van der Waals surface area contributed by atoms with Gasteiger partial charge < -0.3 is 10.2 Å². The first kappa shape index (κ1) is 22.9. The summed E-state index contributed by atoms with van der Waals surface area (Å²) in [6, 6.07) is 10.7. The number of nitrogens with zero attached hydrogens (tertiary/aromatic N) is 4. The number of thiophene rings is 1. The van der Waals surface area contributed by atoms with Crippen LogP contribution in [0.1, 0.15) is 17.4 Å². The van der Waals surface area contributed by atoms with Crippen LogP contribution < -0.4 is 5.32 Å². The lowest BCUT2D eigenvalue weighted by molar-refractivity contribution is -0.139. The van der Waals surface area contributed by atoms with E-state index in [1.165, 1.54) is 32.7 Å². The molecule has 0 spiro atoms. The highest BCUT2D eigenvalue weighted by atomic mass is 32.2.